The van der Waals surface area contributed by atoms with E-state index in [2.05, 4.69) is 35.5 Å². The number of benzene rings is 2. The van der Waals surface area contributed by atoms with Crippen molar-refractivity contribution in [2.24, 2.45) is 0 Å². The van der Waals surface area contributed by atoms with E-state index in [1.807, 2.05) is 18.9 Å². The molecular formula is C28H27F3N8O. The third-order valence-electron chi connectivity index (χ3n) is 6.65. The van der Waals surface area contributed by atoms with Crippen molar-refractivity contribution < 1.29 is 18.0 Å². The third kappa shape index (κ3) is 6.18. The van der Waals surface area contributed by atoms with E-state index in [1.165, 1.54) is 6.07 Å². The molecule has 0 spiro atoms. The lowest BCUT2D eigenvalue weighted by Gasteiger charge is -2.34. The minimum absolute atomic E-state index is 0.175. The summed E-state index contributed by atoms with van der Waals surface area (Å²) >= 11 is 0. The Bertz CT molecular complexity index is 1510. The highest BCUT2D eigenvalue weighted by Crippen LogP contribution is 2.38. The zero-order valence-electron chi connectivity index (χ0n) is 21.9. The van der Waals surface area contributed by atoms with Crippen LogP contribution in [0.2, 0.25) is 0 Å². The van der Waals surface area contributed by atoms with Crippen molar-refractivity contribution in [1.82, 2.24) is 24.8 Å². The lowest BCUT2D eigenvalue weighted by molar-refractivity contribution is -0.136. The van der Waals surface area contributed by atoms with Gasteiger partial charge in [0.25, 0.3) is 5.91 Å². The van der Waals surface area contributed by atoms with E-state index in [0.717, 1.165) is 24.7 Å². The predicted octanol–water partition coefficient (Wildman–Crippen LogP) is 5.01. The minimum atomic E-state index is -4.64. The van der Waals surface area contributed by atoms with Gasteiger partial charge in [-0.05, 0) is 55.9 Å². The number of amides is 1. The van der Waals surface area contributed by atoms with Crippen molar-refractivity contribution in [1.29, 1.82) is 0 Å². The molecule has 0 atom stereocenters. The van der Waals surface area contributed by atoms with E-state index in [9.17, 15) is 18.0 Å². The maximum absolute atomic E-state index is 14.0. The number of nitrogens with one attached hydrogen (secondary N) is 2. The fourth-order valence-electron chi connectivity index (χ4n) is 4.34. The van der Waals surface area contributed by atoms with E-state index in [1.54, 1.807) is 55.1 Å². The maximum Gasteiger partial charge on any atom is 0.418 e. The molecule has 2 aromatic carbocycles. The highest BCUT2D eigenvalue weighted by Gasteiger charge is 2.35. The first-order valence-corrected chi connectivity index (χ1v) is 12.6. The van der Waals surface area contributed by atoms with Gasteiger partial charge in [0.15, 0.2) is 0 Å². The quantitative estimate of drug-likeness (QED) is 0.347. The topological polar surface area (TPSA) is 99.2 Å². The molecule has 0 bridgehead atoms. The second kappa shape index (κ2) is 11.3. The molecule has 9 nitrogen and oxygen atoms in total. The molecule has 5 rings (SSSR count). The van der Waals surface area contributed by atoms with Crippen LogP contribution in [0.4, 0.5) is 36.2 Å². The van der Waals surface area contributed by atoms with Gasteiger partial charge in [-0.2, -0.15) is 13.2 Å². The second-order valence-electron chi connectivity index (χ2n) is 9.48. The molecule has 206 valence electrons. The van der Waals surface area contributed by atoms with Gasteiger partial charge in [-0.15, -0.1) is 0 Å². The van der Waals surface area contributed by atoms with Crippen LogP contribution in [0.1, 0.15) is 21.5 Å². The lowest BCUT2D eigenvalue weighted by Crippen LogP contribution is -2.44. The van der Waals surface area contributed by atoms with E-state index in [0.29, 0.717) is 35.9 Å². The molecule has 40 heavy (non-hydrogen) atoms. The summed E-state index contributed by atoms with van der Waals surface area (Å²) in [4.78, 5) is 34.1. The molecule has 1 aliphatic heterocycles. The van der Waals surface area contributed by atoms with Crippen LogP contribution in [-0.2, 0) is 6.18 Å². The van der Waals surface area contributed by atoms with E-state index < -0.39 is 17.6 Å². The zero-order chi connectivity index (χ0) is 28.3. The average molecular weight is 549 g/mol. The SMILES string of the molecule is Cc1ccc(C(=O)Nc2ccc(N3CCN(C)CC3)cc2C(F)(F)F)cc1Nc1nccc(-c2cnccn2)n1. The molecular weight excluding hydrogens is 521 g/mol. The Labute approximate surface area is 229 Å². The number of nitrogens with zero attached hydrogens (tertiary/aromatic N) is 6. The first kappa shape index (κ1) is 27.0. The van der Waals surface area contributed by atoms with Crippen LogP contribution < -0.4 is 15.5 Å². The Morgan fingerprint density at radius 3 is 2.42 bits per heavy atom. The predicted molar refractivity (Wildman–Crippen MR) is 147 cm³/mol. The highest BCUT2D eigenvalue weighted by molar-refractivity contribution is 6.05. The highest BCUT2D eigenvalue weighted by atomic mass is 19.4. The standard InChI is InChI=1S/C28H27F3N8O/c1-18-3-4-19(15-24(18)37-27-34-8-7-23(36-27)25-17-32-9-10-33-25)26(40)35-22-6-5-20(16-21(22)28(29,30)31)39-13-11-38(2)12-14-39/h3-10,15-17H,11-14H2,1-2H3,(H,35,40)(H,34,36,37). The van der Waals surface area contributed by atoms with Crippen molar-refractivity contribution in [3.8, 4) is 11.4 Å². The van der Waals surface area contributed by atoms with Crippen LogP contribution in [0.5, 0.6) is 0 Å². The fraction of sp³-hybridized carbons (Fsp3) is 0.250. The molecule has 3 heterocycles. The van der Waals surface area contributed by atoms with Crippen LogP contribution >= 0.6 is 0 Å². The summed E-state index contributed by atoms with van der Waals surface area (Å²) in [5.74, 6) is -0.405. The number of likely N-dealkylation sites (N-methyl/N-ethyl adjacent to an activating group) is 1. The van der Waals surface area contributed by atoms with Crippen molar-refractivity contribution in [2.45, 2.75) is 13.1 Å². The number of halogens is 3. The minimum Gasteiger partial charge on any atom is -0.369 e. The van der Waals surface area contributed by atoms with Gasteiger partial charge in [0.1, 0.15) is 5.69 Å². The summed E-state index contributed by atoms with van der Waals surface area (Å²) in [5.41, 5.74) is 1.90. The lowest BCUT2D eigenvalue weighted by atomic mass is 10.1. The van der Waals surface area contributed by atoms with Crippen LogP contribution in [0.25, 0.3) is 11.4 Å². The summed E-state index contributed by atoms with van der Waals surface area (Å²) in [7, 11) is 1.98. The summed E-state index contributed by atoms with van der Waals surface area (Å²) in [6.07, 6.45) is 1.62. The number of hydrogen-bond donors (Lipinski definition) is 2. The van der Waals surface area contributed by atoms with E-state index in [4.69, 9.17) is 0 Å². The van der Waals surface area contributed by atoms with Crippen molar-refractivity contribution in [2.75, 3.05) is 48.8 Å². The Hall–Kier alpha value is -4.58. The fourth-order valence-corrected chi connectivity index (χ4v) is 4.34. The number of aryl methyl sites for hydroxylation is 1. The first-order chi connectivity index (χ1) is 19.2. The Morgan fingerprint density at radius 1 is 0.900 bits per heavy atom. The average Bonchev–Trinajstić information content (AvgIpc) is 2.95. The van der Waals surface area contributed by atoms with Crippen molar-refractivity contribution in [3.63, 3.8) is 0 Å². The molecule has 0 unspecified atom stereocenters. The zero-order valence-corrected chi connectivity index (χ0v) is 21.9. The van der Waals surface area contributed by atoms with Crippen LogP contribution in [-0.4, -0.2) is 64.0 Å². The van der Waals surface area contributed by atoms with Gasteiger partial charge >= 0.3 is 6.18 Å². The molecule has 0 saturated carbocycles. The van der Waals surface area contributed by atoms with Gasteiger partial charge in [-0.25, -0.2) is 9.97 Å². The Morgan fingerprint density at radius 2 is 1.70 bits per heavy atom. The molecule has 1 saturated heterocycles. The smallest absolute Gasteiger partial charge is 0.369 e. The molecule has 1 aliphatic rings. The van der Waals surface area contributed by atoms with E-state index >= 15 is 0 Å². The monoisotopic (exact) mass is 548 g/mol. The van der Waals surface area contributed by atoms with Gasteiger partial charge in [-0.3, -0.25) is 14.8 Å². The molecule has 4 aromatic rings. The number of rotatable bonds is 6. The third-order valence-corrected chi connectivity index (χ3v) is 6.65. The van der Waals surface area contributed by atoms with Gasteiger partial charge < -0.3 is 20.4 Å². The largest absolute Gasteiger partial charge is 0.418 e. The number of alkyl halides is 3. The van der Waals surface area contributed by atoms with Crippen LogP contribution in [0.3, 0.4) is 0 Å². The summed E-state index contributed by atoms with van der Waals surface area (Å²) in [6, 6.07) is 10.5. The van der Waals surface area contributed by atoms with Crippen LogP contribution in [0.15, 0.2) is 67.3 Å². The van der Waals surface area contributed by atoms with Gasteiger partial charge in [0.05, 0.1) is 23.1 Å². The number of hydrogen-bond acceptors (Lipinski definition) is 8. The molecule has 2 N–H and O–H groups in total. The van der Waals surface area contributed by atoms with Gasteiger partial charge in [0.2, 0.25) is 5.95 Å². The molecule has 2 aromatic heterocycles. The summed E-state index contributed by atoms with van der Waals surface area (Å²) in [6.45, 7) is 4.61. The molecule has 0 radical (unpaired) electrons. The normalized spacial score (nSPS) is 14.2. The van der Waals surface area contributed by atoms with Gasteiger partial charge in [-0.1, -0.05) is 6.07 Å². The summed E-state index contributed by atoms with van der Waals surface area (Å²) < 4.78 is 42.0. The number of aromatic nitrogens is 4. The molecule has 1 amide bonds. The second-order valence-corrected chi connectivity index (χ2v) is 9.48. The molecule has 12 heteroatoms. The molecule has 1 fully saturated rings. The van der Waals surface area contributed by atoms with Crippen molar-refractivity contribution >= 4 is 28.9 Å². The van der Waals surface area contributed by atoms with Gasteiger partial charge in [0, 0.05) is 61.7 Å². The van der Waals surface area contributed by atoms with Crippen molar-refractivity contribution in [3.05, 3.63) is 83.9 Å². The number of carbonyl (C=O) groups excluding carboxylic acids is 1. The Balaban J connectivity index is 1.36. The first-order valence-electron chi connectivity index (χ1n) is 12.6. The Kier molecular flexibility index (Phi) is 7.60. The number of piperazine rings is 1. The molecule has 0 aliphatic carbocycles. The van der Waals surface area contributed by atoms with Crippen LogP contribution in [0, 0.1) is 6.92 Å². The number of carbonyl (C=O) groups is 1. The summed E-state index contributed by atoms with van der Waals surface area (Å²) in [5, 5.41) is 5.54. The number of anilines is 4. The maximum atomic E-state index is 14.0. The van der Waals surface area contributed by atoms with E-state index in [-0.39, 0.29) is 17.2 Å².